The lowest BCUT2D eigenvalue weighted by atomic mass is 10.0. The van der Waals surface area contributed by atoms with Gasteiger partial charge in [0.25, 0.3) is 5.91 Å². The summed E-state index contributed by atoms with van der Waals surface area (Å²) in [5, 5.41) is 14.3. The molecule has 0 aliphatic carbocycles. The molecule has 1 saturated heterocycles. The Kier molecular flexibility index (Phi) is 4.80. The van der Waals surface area contributed by atoms with E-state index in [-0.39, 0.29) is 17.5 Å². The Balaban J connectivity index is 1.48. The van der Waals surface area contributed by atoms with E-state index in [9.17, 15) is 9.59 Å². The molecule has 146 valence electrons. The molecule has 0 saturated carbocycles. The number of likely N-dealkylation sites (tertiary alicyclic amines) is 1. The molecule has 0 unspecified atom stereocenters. The van der Waals surface area contributed by atoms with Crippen molar-refractivity contribution in [2.24, 2.45) is 0 Å². The molecule has 28 heavy (non-hydrogen) atoms. The second kappa shape index (κ2) is 7.27. The number of thiophene rings is 1. The van der Waals surface area contributed by atoms with Crippen molar-refractivity contribution in [1.82, 2.24) is 14.7 Å². The zero-order chi connectivity index (χ0) is 19.8. The molecule has 1 fully saturated rings. The molecule has 2 aromatic heterocycles. The number of rotatable bonds is 4. The summed E-state index contributed by atoms with van der Waals surface area (Å²) < 4.78 is 8.09. The third-order valence-electron chi connectivity index (χ3n) is 5.31. The monoisotopic (exact) mass is 399 g/mol. The molecule has 1 aliphatic heterocycles. The van der Waals surface area contributed by atoms with Gasteiger partial charge in [-0.1, -0.05) is 0 Å². The van der Waals surface area contributed by atoms with Gasteiger partial charge in [-0.3, -0.25) is 9.48 Å². The Labute approximate surface area is 166 Å². The minimum absolute atomic E-state index is 0.0582. The maximum Gasteiger partial charge on any atom is 0.338 e. The second-order valence-corrected chi connectivity index (χ2v) is 8.01. The van der Waals surface area contributed by atoms with Gasteiger partial charge in [0.2, 0.25) is 0 Å². The van der Waals surface area contributed by atoms with Crippen LogP contribution in [0.4, 0.5) is 0 Å². The number of methoxy groups -OCH3 is 1. The van der Waals surface area contributed by atoms with E-state index in [1.807, 2.05) is 30.0 Å². The lowest BCUT2D eigenvalue weighted by Crippen LogP contribution is -2.39. The first-order valence-electron chi connectivity index (χ1n) is 9.12. The summed E-state index contributed by atoms with van der Waals surface area (Å²) in [5.41, 5.74) is 1.18. The van der Waals surface area contributed by atoms with Crippen molar-refractivity contribution in [3.63, 3.8) is 0 Å². The SMILES string of the molecule is COc1ccc2sc(C(=O)N3CCC(n4cc(C(=O)O)cn4)CC3)c(C)c2c1. The van der Waals surface area contributed by atoms with Gasteiger partial charge in [-0.25, -0.2) is 4.79 Å². The quantitative estimate of drug-likeness (QED) is 0.725. The maximum atomic E-state index is 13.1. The third-order valence-corrected chi connectivity index (χ3v) is 6.57. The smallest absolute Gasteiger partial charge is 0.338 e. The summed E-state index contributed by atoms with van der Waals surface area (Å²) in [7, 11) is 1.64. The Morgan fingerprint density at radius 1 is 1.29 bits per heavy atom. The summed E-state index contributed by atoms with van der Waals surface area (Å²) in [6.07, 6.45) is 4.44. The normalized spacial score (nSPS) is 15.1. The Morgan fingerprint density at radius 3 is 2.68 bits per heavy atom. The molecule has 1 aliphatic rings. The first kappa shape index (κ1) is 18.5. The zero-order valence-corrected chi connectivity index (χ0v) is 16.5. The Hall–Kier alpha value is -2.87. The number of aromatic carboxylic acids is 1. The lowest BCUT2D eigenvalue weighted by Gasteiger charge is -2.32. The molecule has 8 heteroatoms. The van der Waals surface area contributed by atoms with Gasteiger partial charge in [-0.15, -0.1) is 11.3 Å². The molecule has 4 rings (SSSR count). The molecule has 0 radical (unpaired) electrons. The topological polar surface area (TPSA) is 84.7 Å². The summed E-state index contributed by atoms with van der Waals surface area (Å²) in [4.78, 5) is 26.8. The number of benzene rings is 1. The van der Waals surface area contributed by atoms with E-state index in [1.54, 1.807) is 18.0 Å². The zero-order valence-electron chi connectivity index (χ0n) is 15.7. The first-order valence-corrected chi connectivity index (χ1v) is 9.93. The standard InChI is InChI=1S/C20H21N3O4S/c1-12-16-9-15(27-2)3-4-17(16)28-18(12)19(24)22-7-5-14(6-8-22)23-11-13(10-21-23)20(25)26/h3-4,9-11,14H,5-8H2,1-2H3,(H,25,26). The van der Waals surface area contributed by atoms with Crippen LogP contribution in [0.25, 0.3) is 10.1 Å². The van der Waals surface area contributed by atoms with E-state index < -0.39 is 5.97 Å². The maximum absolute atomic E-state index is 13.1. The number of hydrogen-bond acceptors (Lipinski definition) is 5. The third kappa shape index (κ3) is 3.24. The number of piperidine rings is 1. The number of ether oxygens (including phenoxy) is 1. The van der Waals surface area contributed by atoms with E-state index >= 15 is 0 Å². The summed E-state index contributed by atoms with van der Waals surface area (Å²) in [6.45, 7) is 3.24. The van der Waals surface area contributed by atoms with Crippen LogP contribution in [0.2, 0.25) is 0 Å². The number of carboxylic acids is 1. The summed E-state index contributed by atoms with van der Waals surface area (Å²) in [5.74, 6) is -0.133. The van der Waals surface area contributed by atoms with Crippen molar-refractivity contribution in [1.29, 1.82) is 0 Å². The van der Waals surface area contributed by atoms with E-state index in [0.717, 1.165) is 39.1 Å². The van der Waals surface area contributed by atoms with Gasteiger partial charge in [0, 0.05) is 24.0 Å². The Bertz CT molecular complexity index is 1050. The number of hydrogen-bond donors (Lipinski definition) is 1. The van der Waals surface area contributed by atoms with Crippen molar-refractivity contribution in [2.75, 3.05) is 20.2 Å². The minimum atomic E-state index is -0.976. The van der Waals surface area contributed by atoms with E-state index in [4.69, 9.17) is 9.84 Å². The fourth-order valence-electron chi connectivity index (χ4n) is 3.66. The van der Waals surface area contributed by atoms with E-state index in [0.29, 0.717) is 13.1 Å². The number of carboxylic acid groups (broad SMARTS) is 1. The molecule has 1 amide bonds. The van der Waals surface area contributed by atoms with Crippen molar-refractivity contribution in [3.05, 3.63) is 46.6 Å². The number of aromatic nitrogens is 2. The first-order chi connectivity index (χ1) is 13.5. The molecule has 3 aromatic rings. The van der Waals surface area contributed by atoms with E-state index in [2.05, 4.69) is 5.10 Å². The highest BCUT2D eigenvalue weighted by atomic mass is 32.1. The molecule has 0 atom stereocenters. The van der Waals surface area contributed by atoms with Crippen molar-refractivity contribution in [3.8, 4) is 5.75 Å². The van der Waals surface area contributed by atoms with Gasteiger partial charge in [-0.2, -0.15) is 5.10 Å². The van der Waals surface area contributed by atoms with Gasteiger partial charge in [0.1, 0.15) is 5.75 Å². The number of carbonyl (C=O) groups excluding carboxylic acids is 1. The number of amides is 1. The van der Waals surface area contributed by atoms with Crippen LogP contribution in [0.5, 0.6) is 5.75 Å². The lowest BCUT2D eigenvalue weighted by molar-refractivity contribution is 0.0691. The van der Waals surface area contributed by atoms with Crippen LogP contribution in [0.15, 0.2) is 30.6 Å². The molecule has 0 bridgehead atoms. The van der Waals surface area contributed by atoms with Crippen LogP contribution in [-0.4, -0.2) is 51.9 Å². The van der Waals surface area contributed by atoms with E-state index in [1.165, 1.54) is 17.5 Å². The van der Waals surface area contributed by atoms with Crippen molar-refractivity contribution < 1.29 is 19.4 Å². The van der Waals surface area contributed by atoms with Crippen LogP contribution < -0.4 is 4.74 Å². The molecule has 1 N–H and O–H groups in total. The number of aryl methyl sites for hydroxylation is 1. The fraction of sp³-hybridized carbons (Fsp3) is 0.350. The van der Waals surface area contributed by atoms with Gasteiger partial charge >= 0.3 is 5.97 Å². The highest BCUT2D eigenvalue weighted by Gasteiger charge is 2.27. The van der Waals surface area contributed by atoms with Crippen molar-refractivity contribution in [2.45, 2.75) is 25.8 Å². The molecular formula is C20H21N3O4S. The fourth-order valence-corrected chi connectivity index (χ4v) is 4.81. The van der Waals surface area contributed by atoms with Gasteiger partial charge < -0.3 is 14.7 Å². The number of nitrogens with zero attached hydrogens (tertiary/aromatic N) is 3. The van der Waals surface area contributed by atoms with Crippen LogP contribution in [0.3, 0.4) is 0 Å². The van der Waals surface area contributed by atoms with Crippen molar-refractivity contribution >= 4 is 33.3 Å². The Morgan fingerprint density at radius 2 is 2.04 bits per heavy atom. The molecule has 0 spiro atoms. The highest BCUT2D eigenvalue weighted by Crippen LogP contribution is 2.35. The molecular weight excluding hydrogens is 378 g/mol. The van der Waals surface area contributed by atoms with Gasteiger partial charge in [-0.05, 0) is 48.9 Å². The van der Waals surface area contributed by atoms with Gasteiger partial charge in [0.15, 0.2) is 0 Å². The molecule has 3 heterocycles. The summed E-state index contributed by atoms with van der Waals surface area (Å²) >= 11 is 1.52. The predicted octanol–water partition coefficient (Wildman–Crippen LogP) is 3.59. The second-order valence-electron chi connectivity index (χ2n) is 6.96. The van der Waals surface area contributed by atoms with Gasteiger partial charge in [0.05, 0.1) is 29.8 Å². The molecule has 1 aromatic carbocycles. The van der Waals surface area contributed by atoms with Crippen LogP contribution >= 0.6 is 11.3 Å². The predicted molar refractivity (Wildman–Crippen MR) is 106 cm³/mol. The average molecular weight is 399 g/mol. The van der Waals surface area contributed by atoms with Crippen LogP contribution in [0.1, 0.15) is 44.5 Å². The highest BCUT2D eigenvalue weighted by molar-refractivity contribution is 7.21. The summed E-state index contributed by atoms with van der Waals surface area (Å²) in [6, 6.07) is 5.99. The minimum Gasteiger partial charge on any atom is -0.497 e. The number of carbonyl (C=O) groups is 2. The largest absolute Gasteiger partial charge is 0.497 e. The van der Waals surface area contributed by atoms with Crippen LogP contribution in [0, 0.1) is 6.92 Å². The molecule has 7 nitrogen and oxygen atoms in total. The average Bonchev–Trinajstić information content (AvgIpc) is 3.33. The van der Waals surface area contributed by atoms with Crippen LogP contribution in [-0.2, 0) is 0 Å². The number of fused-ring (bicyclic) bond motifs is 1.